The van der Waals surface area contributed by atoms with Crippen molar-refractivity contribution in [2.45, 2.75) is 6.36 Å². The molecule has 1 aliphatic rings. The fraction of sp³-hybridized carbons (Fsp3) is 0.136. The Kier molecular flexibility index (Phi) is 5.44. The van der Waals surface area contributed by atoms with Gasteiger partial charge in [0.2, 0.25) is 10.0 Å². The van der Waals surface area contributed by atoms with Gasteiger partial charge in [0.1, 0.15) is 11.5 Å². The van der Waals surface area contributed by atoms with Gasteiger partial charge in [0.25, 0.3) is 5.91 Å². The summed E-state index contributed by atoms with van der Waals surface area (Å²) in [5.74, 6) is -0.587. The Hall–Kier alpha value is -3.73. The Labute approximate surface area is 187 Å². The number of carbonyl (C=O) groups excluding carboxylic acids is 1. The molecule has 0 aromatic heterocycles. The van der Waals surface area contributed by atoms with Gasteiger partial charge >= 0.3 is 6.36 Å². The molecule has 172 valence electrons. The fourth-order valence-corrected chi connectivity index (χ4v) is 3.95. The van der Waals surface area contributed by atoms with Gasteiger partial charge in [-0.25, -0.2) is 8.42 Å². The third-order valence-corrected chi connectivity index (χ3v) is 5.37. The van der Waals surface area contributed by atoms with Crippen LogP contribution in [0.25, 0.3) is 11.1 Å². The van der Waals surface area contributed by atoms with Crippen LogP contribution in [0.1, 0.15) is 10.4 Å². The monoisotopic (exact) mass is 478 g/mol. The Morgan fingerprint density at radius 1 is 0.970 bits per heavy atom. The predicted molar refractivity (Wildman–Crippen MR) is 116 cm³/mol. The van der Waals surface area contributed by atoms with Gasteiger partial charge in [-0.2, -0.15) is 0 Å². The zero-order valence-corrected chi connectivity index (χ0v) is 18.1. The molecular formula is C22H17F3N2O5S. The first-order valence-corrected chi connectivity index (χ1v) is 11.4. The van der Waals surface area contributed by atoms with Gasteiger partial charge in [-0.1, -0.05) is 18.2 Å². The third-order valence-electron chi connectivity index (χ3n) is 4.76. The first-order valence-electron chi connectivity index (χ1n) is 9.48. The fourth-order valence-electron chi connectivity index (χ4n) is 3.39. The molecule has 0 radical (unpaired) electrons. The van der Waals surface area contributed by atoms with Crippen LogP contribution in [0.5, 0.6) is 17.2 Å². The van der Waals surface area contributed by atoms with Crippen molar-refractivity contribution in [1.29, 1.82) is 0 Å². The first-order chi connectivity index (χ1) is 15.4. The van der Waals surface area contributed by atoms with Gasteiger partial charge < -0.3 is 14.4 Å². The summed E-state index contributed by atoms with van der Waals surface area (Å²) in [5, 5.41) is 0. The van der Waals surface area contributed by atoms with Crippen LogP contribution in [0.4, 0.5) is 24.5 Å². The molecule has 1 N–H and O–H groups in total. The molecule has 3 aromatic carbocycles. The molecule has 0 spiro atoms. The van der Waals surface area contributed by atoms with Crippen LogP contribution in [0.2, 0.25) is 0 Å². The van der Waals surface area contributed by atoms with Crippen molar-refractivity contribution in [2.24, 2.45) is 0 Å². The molecule has 0 saturated heterocycles. The number of hydrogen-bond acceptors (Lipinski definition) is 5. The summed E-state index contributed by atoms with van der Waals surface area (Å²) in [6, 6.07) is 14.9. The molecule has 0 unspecified atom stereocenters. The van der Waals surface area contributed by atoms with Crippen LogP contribution in [-0.4, -0.2) is 34.0 Å². The number of carbonyl (C=O) groups is 1. The lowest BCUT2D eigenvalue weighted by molar-refractivity contribution is -0.274. The largest absolute Gasteiger partial charge is 0.573 e. The van der Waals surface area contributed by atoms with Crippen LogP contribution in [0, 0.1) is 0 Å². The second kappa shape index (κ2) is 8.00. The van der Waals surface area contributed by atoms with Gasteiger partial charge in [-0.05, 0) is 47.5 Å². The lowest BCUT2D eigenvalue weighted by Gasteiger charge is -2.18. The van der Waals surface area contributed by atoms with Crippen LogP contribution < -0.4 is 19.1 Å². The summed E-state index contributed by atoms with van der Waals surface area (Å²) >= 11 is 0. The normalized spacial score (nSPS) is 13.5. The summed E-state index contributed by atoms with van der Waals surface area (Å²) in [4.78, 5) is 14.1. The van der Waals surface area contributed by atoms with Gasteiger partial charge in [0, 0.05) is 18.8 Å². The van der Waals surface area contributed by atoms with Crippen molar-refractivity contribution in [1.82, 2.24) is 0 Å². The summed E-state index contributed by atoms with van der Waals surface area (Å²) < 4.78 is 73.1. The highest BCUT2D eigenvalue weighted by molar-refractivity contribution is 7.92. The van der Waals surface area contributed by atoms with Crippen molar-refractivity contribution in [3.63, 3.8) is 0 Å². The number of nitrogens with one attached hydrogen (secondary N) is 1. The average Bonchev–Trinajstić information content (AvgIpc) is 2.81. The molecule has 4 rings (SSSR count). The first kappa shape index (κ1) is 22.5. The number of hydrogen-bond donors (Lipinski definition) is 1. The molecule has 0 atom stereocenters. The van der Waals surface area contributed by atoms with Crippen molar-refractivity contribution < 1.29 is 35.9 Å². The molecule has 0 aliphatic carbocycles. The van der Waals surface area contributed by atoms with Gasteiger partial charge in [-0.3, -0.25) is 9.52 Å². The number of amides is 1. The molecule has 7 nitrogen and oxygen atoms in total. The summed E-state index contributed by atoms with van der Waals surface area (Å²) in [5.41, 5.74) is 1.99. The molecule has 1 amide bonds. The van der Waals surface area contributed by atoms with E-state index in [1.165, 1.54) is 18.0 Å². The minimum absolute atomic E-state index is 0.110. The topological polar surface area (TPSA) is 84.9 Å². The smallest absolute Gasteiger partial charge is 0.454 e. The van der Waals surface area contributed by atoms with E-state index < -0.39 is 28.0 Å². The minimum atomic E-state index is -4.87. The van der Waals surface area contributed by atoms with Gasteiger partial charge in [0.05, 0.1) is 17.5 Å². The minimum Gasteiger partial charge on any atom is -0.454 e. The maximum Gasteiger partial charge on any atom is 0.573 e. The maximum atomic E-state index is 13.0. The number of halogens is 3. The van der Waals surface area contributed by atoms with Crippen LogP contribution in [-0.2, 0) is 10.0 Å². The Morgan fingerprint density at radius 3 is 2.39 bits per heavy atom. The zero-order valence-electron chi connectivity index (χ0n) is 17.3. The Balaban J connectivity index is 1.73. The molecule has 0 saturated carbocycles. The summed E-state index contributed by atoms with van der Waals surface area (Å²) in [6.45, 7) is 0. The van der Waals surface area contributed by atoms with E-state index in [-0.39, 0.29) is 22.7 Å². The number of anilines is 2. The molecule has 1 aliphatic heterocycles. The van der Waals surface area contributed by atoms with E-state index in [9.17, 15) is 26.4 Å². The average molecular weight is 478 g/mol. The summed E-state index contributed by atoms with van der Waals surface area (Å²) in [6.07, 6.45) is -3.83. The Morgan fingerprint density at radius 2 is 1.70 bits per heavy atom. The zero-order chi connectivity index (χ0) is 24.0. The second-order valence-corrected chi connectivity index (χ2v) is 9.06. The molecule has 33 heavy (non-hydrogen) atoms. The third kappa shape index (κ3) is 5.03. The molecule has 0 fully saturated rings. The number of sulfonamides is 1. The van der Waals surface area contributed by atoms with Crippen LogP contribution >= 0.6 is 0 Å². The molecule has 1 heterocycles. The quantitative estimate of drug-likeness (QED) is 0.570. The molecular weight excluding hydrogens is 461 g/mol. The van der Waals surface area contributed by atoms with E-state index in [0.29, 0.717) is 16.8 Å². The van der Waals surface area contributed by atoms with E-state index in [1.54, 1.807) is 42.5 Å². The standard InChI is InChI=1S/C22H17F3N2O5S/c1-27-18-12-16(32-22(23,24)25)7-9-19(18)31-20-11-14(6-8-17(20)21(27)28)13-4-3-5-15(10-13)26-33(2,29)30/h3-12,26H,1-2H3. The highest BCUT2D eigenvalue weighted by Gasteiger charge is 2.32. The highest BCUT2D eigenvalue weighted by Crippen LogP contribution is 2.42. The van der Waals surface area contributed by atoms with E-state index in [4.69, 9.17) is 4.74 Å². The number of fused-ring (bicyclic) bond motifs is 2. The number of benzene rings is 3. The number of nitrogens with zero attached hydrogens (tertiary/aromatic N) is 1. The number of ether oxygens (including phenoxy) is 2. The van der Waals surface area contributed by atoms with Crippen LogP contribution in [0.3, 0.4) is 0 Å². The van der Waals surface area contributed by atoms with Crippen molar-refractivity contribution in [3.8, 4) is 28.4 Å². The molecule has 0 bridgehead atoms. The molecule has 3 aromatic rings. The van der Waals surface area contributed by atoms with E-state index >= 15 is 0 Å². The number of alkyl halides is 3. The van der Waals surface area contributed by atoms with E-state index in [2.05, 4.69) is 9.46 Å². The van der Waals surface area contributed by atoms with Gasteiger partial charge in [-0.15, -0.1) is 13.2 Å². The SMILES string of the molecule is CN1C(=O)c2ccc(-c3cccc(NS(C)(=O)=O)c3)cc2Oc2ccc(OC(F)(F)F)cc21. The number of rotatable bonds is 4. The van der Waals surface area contributed by atoms with Crippen molar-refractivity contribution in [2.75, 3.05) is 22.9 Å². The maximum absolute atomic E-state index is 13.0. The molecule has 11 heteroatoms. The lowest BCUT2D eigenvalue weighted by Crippen LogP contribution is -2.25. The van der Waals surface area contributed by atoms with Crippen molar-refractivity contribution >= 4 is 27.3 Å². The predicted octanol–water partition coefficient (Wildman–Crippen LogP) is 5.01. The highest BCUT2D eigenvalue weighted by atomic mass is 32.2. The Bertz CT molecular complexity index is 1360. The van der Waals surface area contributed by atoms with E-state index in [1.807, 2.05) is 0 Å². The van der Waals surface area contributed by atoms with Crippen molar-refractivity contribution in [3.05, 3.63) is 66.2 Å². The van der Waals surface area contributed by atoms with E-state index in [0.717, 1.165) is 18.4 Å². The van der Waals surface area contributed by atoms with Gasteiger partial charge in [0.15, 0.2) is 5.75 Å². The van der Waals surface area contributed by atoms with Crippen LogP contribution in [0.15, 0.2) is 60.7 Å². The lowest BCUT2D eigenvalue weighted by atomic mass is 10.0. The summed E-state index contributed by atoms with van der Waals surface area (Å²) in [7, 11) is -2.04. The second-order valence-electron chi connectivity index (χ2n) is 7.31.